The van der Waals surface area contributed by atoms with Crippen LogP contribution in [0.2, 0.25) is 0 Å². The van der Waals surface area contributed by atoms with Crippen LogP contribution in [-0.4, -0.2) is 30.3 Å². The Balaban J connectivity index is 1.62. The van der Waals surface area contributed by atoms with Gasteiger partial charge in [0, 0.05) is 10.3 Å². The van der Waals surface area contributed by atoms with Crippen molar-refractivity contribution in [3.8, 4) is 17.4 Å². The zero-order valence-electron chi connectivity index (χ0n) is 19.5. The summed E-state index contributed by atoms with van der Waals surface area (Å²) in [5.41, 5.74) is 1.17. The van der Waals surface area contributed by atoms with Crippen molar-refractivity contribution in [1.29, 1.82) is 0 Å². The monoisotopic (exact) mass is 465 g/mol. The van der Waals surface area contributed by atoms with E-state index < -0.39 is 5.97 Å². The van der Waals surface area contributed by atoms with E-state index in [0.29, 0.717) is 17.0 Å². The molecule has 0 saturated heterocycles. The average Bonchev–Trinajstić information content (AvgIpc) is 2.85. The molecule has 0 aliphatic carbocycles. The summed E-state index contributed by atoms with van der Waals surface area (Å²) in [6.45, 7) is 4.17. The number of carbonyl (C=O) groups is 2. The van der Waals surface area contributed by atoms with Gasteiger partial charge in [0.05, 0.1) is 37.0 Å². The number of methoxy groups -OCH3 is 1. The number of benzene rings is 2. The highest BCUT2D eigenvalue weighted by atomic mass is 16.6. The van der Waals surface area contributed by atoms with E-state index in [1.165, 1.54) is 13.3 Å². The van der Waals surface area contributed by atoms with Crippen molar-refractivity contribution < 1.29 is 33.7 Å². The number of hydrogen-bond acceptors (Lipinski definition) is 6. The van der Waals surface area contributed by atoms with Gasteiger partial charge in [0.15, 0.2) is 0 Å². The third kappa shape index (κ3) is 6.48. The zero-order chi connectivity index (χ0) is 24.5. The first-order valence-corrected chi connectivity index (χ1v) is 11.1. The standard InChI is InChI=1S/C26H28N2O6/c1-4-19(5-2)33-20-11-13-21(14-12-20)34-25-15-10-18(17-28(25)31)16-24(29)27-23-9-7-6-8-22(23)26(30)32-3/h6-15,17,19H,4-5,16H2,1-3H3,(H-,27,29,30,31)/p+1. The number of nitrogens with zero attached hydrogens (tertiary/aromatic N) is 1. The second-order valence-corrected chi connectivity index (χ2v) is 7.61. The van der Waals surface area contributed by atoms with Gasteiger partial charge in [0.2, 0.25) is 12.1 Å². The maximum Gasteiger partial charge on any atom is 0.422 e. The molecule has 0 radical (unpaired) electrons. The second kappa shape index (κ2) is 11.7. The quantitative estimate of drug-likeness (QED) is 0.259. The Labute approximate surface area is 198 Å². The fourth-order valence-corrected chi connectivity index (χ4v) is 3.32. The molecule has 1 aromatic heterocycles. The number of aromatic nitrogens is 1. The number of pyridine rings is 1. The number of rotatable bonds is 10. The molecule has 3 rings (SSSR count). The van der Waals surface area contributed by atoms with Crippen LogP contribution in [0.15, 0.2) is 66.9 Å². The van der Waals surface area contributed by atoms with Crippen molar-refractivity contribution in [2.24, 2.45) is 0 Å². The Kier molecular flexibility index (Phi) is 8.45. The lowest BCUT2D eigenvalue weighted by atomic mass is 10.1. The number of hydrogen-bond donors (Lipinski definition) is 2. The van der Waals surface area contributed by atoms with Crippen molar-refractivity contribution in [1.82, 2.24) is 0 Å². The number of esters is 1. The van der Waals surface area contributed by atoms with Gasteiger partial charge < -0.3 is 19.5 Å². The Morgan fingerprint density at radius 3 is 2.29 bits per heavy atom. The minimum atomic E-state index is -0.541. The summed E-state index contributed by atoms with van der Waals surface area (Å²) in [7, 11) is 1.28. The smallest absolute Gasteiger partial charge is 0.422 e. The molecule has 0 spiro atoms. The third-order valence-corrected chi connectivity index (χ3v) is 5.18. The number of anilines is 1. The Morgan fingerprint density at radius 2 is 1.65 bits per heavy atom. The molecule has 0 atom stereocenters. The molecular weight excluding hydrogens is 436 g/mol. The van der Waals surface area contributed by atoms with E-state index in [4.69, 9.17) is 14.2 Å². The molecule has 178 valence electrons. The van der Waals surface area contributed by atoms with Gasteiger partial charge in [0.1, 0.15) is 11.5 Å². The SMILES string of the molecule is CCC(CC)Oc1ccc(Oc2ccc(CC(=O)Nc3ccccc3C(=O)OC)c[n+]2O)cc1. The Hall–Kier alpha value is -4.07. The molecule has 1 heterocycles. The predicted molar refractivity (Wildman–Crippen MR) is 125 cm³/mol. The third-order valence-electron chi connectivity index (χ3n) is 5.18. The fraction of sp³-hybridized carbons (Fsp3) is 0.269. The first-order chi connectivity index (χ1) is 16.4. The molecular formula is C26H29N2O6+. The number of para-hydroxylation sites is 1. The molecule has 0 fully saturated rings. The molecule has 0 aliphatic rings. The maximum atomic E-state index is 12.5. The van der Waals surface area contributed by atoms with Crippen molar-refractivity contribution in [3.63, 3.8) is 0 Å². The molecule has 2 N–H and O–H groups in total. The van der Waals surface area contributed by atoms with Gasteiger partial charge >= 0.3 is 11.8 Å². The van der Waals surface area contributed by atoms with E-state index in [-0.39, 0.29) is 29.9 Å². The Morgan fingerprint density at radius 1 is 0.971 bits per heavy atom. The van der Waals surface area contributed by atoms with E-state index in [2.05, 4.69) is 19.2 Å². The van der Waals surface area contributed by atoms with Crippen LogP contribution in [0.5, 0.6) is 17.4 Å². The topological polar surface area (TPSA) is 98.0 Å². The van der Waals surface area contributed by atoms with Crippen LogP contribution in [0, 0.1) is 0 Å². The minimum absolute atomic E-state index is 0.0155. The highest BCUT2D eigenvalue weighted by Gasteiger charge is 2.18. The first-order valence-electron chi connectivity index (χ1n) is 11.1. The zero-order valence-corrected chi connectivity index (χ0v) is 19.5. The fourth-order valence-electron chi connectivity index (χ4n) is 3.32. The van der Waals surface area contributed by atoms with Crippen LogP contribution in [0.1, 0.15) is 42.6 Å². The number of nitrogens with one attached hydrogen (secondary N) is 1. The molecule has 0 saturated carbocycles. The summed E-state index contributed by atoms with van der Waals surface area (Å²) in [5.74, 6) is 0.588. The van der Waals surface area contributed by atoms with Crippen LogP contribution >= 0.6 is 0 Å². The lowest BCUT2D eigenvalue weighted by Crippen LogP contribution is -2.32. The van der Waals surface area contributed by atoms with Gasteiger partial charge in [0.25, 0.3) is 0 Å². The van der Waals surface area contributed by atoms with Crippen molar-refractivity contribution in [2.45, 2.75) is 39.2 Å². The lowest BCUT2D eigenvalue weighted by Gasteiger charge is -2.15. The van der Waals surface area contributed by atoms with E-state index in [0.717, 1.165) is 23.3 Å². The van der Waals surface area contributed by atoms with Gasteiger partial charge in [-0.15, -0.1) is 0 Å². The summed E-state index contributed by atoms with van der Waals surface area (Å²) in [6, 6.07) is 17.0. The molecule has 34 heavy (non-hydrogen) atoms. The van der Waals surface area contributed by atoms with Crippen LogP contribution < -0.4 is 19.5 Å². The van der Waals surface area contributed by atoms with Gasteiger partial charge in [-0.25, -0.2) is 4.79 Å². The van der Waals surface area contributed by atoms with Gasteiger partial charge in [-0.05, 0) is 55.3 Å². The van der Waals surface area contributed by atoms with Gasteiger partial charge in [-0.2, -0.15) is 0 Å². The van der Waals surface area contributed by atoms with Crippen molar-refractivity contribution in [2.75, 3.05) is 12.4 Å². The number of carbonyl (C=O) groups excluding carboxylic acids is 2. The van der Waals surface area contributed by atoms with Gasteiger partial charge in [-0.3, -0.25) is 10.0 Å². The van der Waals surface area contributed by atoms with Crippen molar-refractivity contribution in [3.05, 3.63) is 78.0 Å². The summed E-state index contributed by atoms with van der Waals surface area (Å²) >= 11 is 0. The predicted octanol–water partition coefficient (Wildman–Crippen LogP) is 4.54. The summed E-state index contributed by atoms with van der Waals surface area (Å²) in [6.07, 6.45) is 3.41. The minimum Gasteiger partial charge on any atom is -0.490 e. The van der Waals surface area contributed by atoms with Crippen molar-refractivity contribution >= 4 is 17.6 Å². The van der Waals surface area contributed by atoms with Crippen LogP contribution in [0.25, 0.3) is 0 Å². The molecule has 0 bridgehead atoms. The maximum absolute atomic E-state index is 12.5. The van der Waals surface area contributed by atoms with E-state index >= 15 is 0 Å². The molecule has 1 amide bonds. The molecule has 0 unspecified atom stereocenters. The summed E-state index contributed by atoms with van der Waals surface area (Å²) < 4.78 is 17.2. The molecule has 0 aliphatic heterocycles. The highest BCUT2D eigenvalue weighted by molar-refractivity contribution is 6.01. The van der Waals surface area contributed by atoms with Crippen LogP contribution in [0.3, 0.4) is 0 Å². The lowest BCUT2D eigenvalue weighted by molar-refractivity contribution is -0.906. The second-order valence-electron chi connectivity index (χ2n) is 7.61. The van der Waals surface area contributed by atoms with E-state index in [1.54, 1.807) is 48.5 Å². The van der Waals surface area contributed by atoms with Crippen LogP contribution in [-0.2, 0) is 16.0 Å². The molecule has 8 nitrogen and oxygen atoms in total. The molecule has 2 aromatic carbocycles. The Bertz CT molecular complexity index is 1130. The first kappa shape index (κ1) is 24.6. The van der Waals surface area contributed by atoms with E-state index in [1.807, 2.05) is 12.1 Å². The number of amides is 1. The number of ether oxygens (including phenoxy) is 3. The molecule has 3 aromatic rings. The highest BCUT2D eigenvalue weighted by Crippen LogP contribution is 2.23. The average molecular weight is 466 g/mol. The largest absolute Gasteiger partial charge is 0.490 e. The summed E-state index contributed by atoms with van der Waals surface area (Å²) in [5, 5.41) is 13.0. The van der Waals surface area contributed by atoms with Crippen LogP contribution in [0.4, 0.5) is 5.69 Å². The van der Waals surface area contributed by atoms with E-state index in [9.17, 15) is 14.8 Å². The molecule has 8 heteroatoms. The van der Waals surface area contributed by atoms with Gasteiger partial charge in [-0.1, -0.05) is 26.0 Å². The summed E-state index contributed by atoms with van der Waals surface area (Å²) in [4.78, 5) is 24.4. The normalized spacial score (nSPS) is 10.6.